The lowest BCUT2D eigenvalue weighted by Crippen LogP contribution is -2.45. The van der Waals surface area contributed by atoms with Crippen LogP contribution >= 0.6 is 0 Å². The molecule has 0 saturated carbocycles. The maximum atomic E-state index is 12.4. The molecule has 0 aliphatic rings. The molecule has 2 atom stereocenters. The van der Waals surface area contributed by atoms with E-state index < -0.39 is 12.1 Å². The summed E-state index contributed by atoms with van der Waals surface area (Å²) in [7, 11) is 0. The number of carbonyl (C=O) groups excluding carboxylic acids is 1. The molecular weight excluding hydrogens is 627 g/mol. The molecule has 4 nitrogen and oxygen atoms in total. The molecule has 296 valence electrons. The van der Waals surface area contributed by atoms with Crippen molar-refractivity contribution in [1.82, 2.24) is 5.32 Å². The van der Waals surface area contributed by atoms with Gasteiger partial charge in [-0.05, 0) is 70.6 Å². The molecule has 0 fully saturated rings. The van der Waals surface area contributed by atoms with Crippen molar-refractivity contribution in [3.05, 3.63) is 60.8 Å². The van der Waals surface area contributed by atoms with Crippen LogP contribution in [0.4, 0.5) is 0 Å². The molecule has 0 bridgehead atoms. The average molecular weight is 712 g/mol. The van der Waals surface area contributed by atoms with Gasteiger partial charge in [0.25, 0.3) is 0 Å². The quantitative estimate of drug-likeness (QED) is 0.0439. The van der Waals surface area contributed by atoms with Crippen molar-refractivity contribution < 1.29 is 15.0 Å². The average Bonchev–Trinajstić information content (AvgIpc) is 3.13. The molecule has 0 aromatic heterocycles. The number of amides is 1. The Morgan fingerprint density at radius 3 is 1.31 bits per heavy atom. The van der Waals surface area contributed by atoms with Gasteiger partial charge in [-0.15, -0.1) is 0 Å². The second kappa shape index (κ2) is 42.5. The van der Waals surface area contributed by atoms with E-state index in [9.17, 15) is 15.0 Å². The maximum Gasteiger partial charge on any atom is 0.220 e. The van der Waals surface area contributed by atoms with Gasteiger partial charge in [0, 0.05) is 6.42 Å². The van der Waals surface area contributed by atoms with Crippen molar-refractivity contribution in [2.24, 2.45) is 0 Å². The van der Waals surface area contributed by atoms with E-state index in [0.717, 1.165) is 57.8 Å². The second-order valence-corrected chi connectivity index (χ2v) is 14.8. The minimum absolute atomic E-state index is 0.0879. The fourth-order valence-electron chi connectivity index (χ4n) is 6.32. The SMILES string of the molecule is CCCCC/C=C\C/C=C\C/C=C\CCCCCCCCC(=O)NC(CO)C(O)/C=C/CC/C=C/CCCCCCCCCCCCCCCC. The number of hydrogen-bond donors (Lipinski definition) is 3. The lowest BCUT2D eigenvalue weighted by molar-refractivity contribution is -0.123. The van der Waals surface area contributed by atoms with E-state index in [0.29, 0.717) is 6.42 Å². The highest BCUT2D eigenvalue weighted by atomic mass is 16.3. The highest BCUT2D eigenvalue weighted by Crippen LogP contribution is 2.14. The third-order valence-electron chi connectivity index (χ3n) is 9.72. The Morgan fingerprint density at radius 1 is 0.471 bits per heavy atom. The molecular formula is C47H85NO3. The Kier molecular flexibility index (Phi) is 40.9. The van der Waals surface area contributed by atoms with Gasteiger partial charge < -0.3 is 15.5 Å². The largest absolute Gasteiger partial charge is 0.394 e. The molecule has 51 heavy (non-hydrogen) atoms. The van der Waals surface area contributed by atoms with E-state index in [4.69, 9.17) is 0 Å². The molecule has 0 radical (unpaired) electrons. The summed E-state index contributed by atoms with van der Waals surface area (Å²) in [5, 5.41) is 23.0. The van der Waals surface area contributed by atoms with E-state index in [1.807, 2.05) is 6.08 Å². The summed E-state index contributed by atoms with van der Waals surface area (Å²) in [6.07, 6.45) is 58.9. The summed E-state index contributed by atoms with van der Waals surface area (Å²) in [4.78, 5) is 12.4. The Bertz CT molecular complexity index is 858. The molecule has 0 rings (SSSR count). The first kappa shape index (κ1) is 49.1. The molecule has 1 amide bonds. The monoisotopic (exact) mass is 712 g/mol. The molecule has 3 N–H and O–H groups in total. The lowest BCUT2D eigenvalue weighted by atomic mass is 10.0. The molecule has 0 aliphatic heterocycles. The smallest absolute Gasteiger partial charge is 0.220 e. The van der Waals surface area contributed by atoms with Crippen LogP contribution in [0.5, 0.6) is 0 Å². The van der Waals surface area contributed by atoms with E-state index in [1.165, 1.54) is 135 Å². The number of aliphatic hydroxyl groups is 2. The predicted octanol–water partition coefficient (Wildman–Crippen LogP) is 13.7. The van der Waals surface area contributed by atoms with Crippen LogP contribution in [0.1, 0.15) is 213 Å². The van der Waals surface area contributed by atoms with Crippen LogP contribution in [-0.4, -0.2) is 34.9 Å². The predicted molar refractivity (Wildman–Crippen MR) is 225 cm³/mol. The van der Waals surface area contributed by atoms with Crippen LogP contribution in [-0.2, 0) is 4.79 Å². The van der Waals surface area contributed by atoms with Gasteiger partial charge in [0.1, 0.15) is 0 Å². The zero-order valence-corrected chi connectivity index (χ0v) is 33.9. The standard InChI is InChI=1S/C47H85NO3/c1-3-5-7-9-11-13-15-17-19-21-23-25-26-28-30-32-34-36-38-40-42-46(50)45(44-49)48-47(51)43-41-39-37-35-33-31-29-27-24-22-20-18-16-14-12-10-8-6-4-2/h12,14,18,20,24,27,32,34,40,42,45-46,49-50H,3-11,13,15-17,19,21-23,25-26,28-31,33,35-39,41,43-44H2,1-2H3,(H,48,51)/b14-12-,20-18-,27-24-,34-32+,42-40+. The zero-order valence-electron chi connectivity index (χ0n) is 33.9. The number of allylic oxidation sites excluding steroid dienone is 9. The van der Waals surface area contributed by atoms with Crippen molar-refractivity contribution in [2.45, 2.75) is 225 Å². The van der Waals surface area contributed by atoms with Crippen molar-refractivity contribution in [3.63, 3.8) is 0 Å². The minimum atomic E-state index is -0.870. The summed E-state index contributed by atoms with van der Waals surface area (Å²) in [6, 6.07) is -0.648. The van der Waals surface area contributed by atoms with Crippen LogP contribution in [0.2, 0.25) is 0 Å². The third-order valence-corrected chi connectivity index (χ3v) is 9.72. The molecule has 2 unspecified atom stereocenters. The van der Waals surface area contributed by atoms with Crippen molar-refractivity contribution in [1.29, 1.82) is 0 Å². The van der Waals surface area contributed by atoms with Gasteiger partial charge in [-0.2, -0.15) is 0 Å². The first-order chi connectivity index (χ1) is 25.2. The number of nitrogens with one attached hydrogen (secondary N) is 1. The summed E-state index contributed by atoms with van der Waals surface area (Å²) in [6.45, 7) is 4.26. The summed E-state index contributed by atoms with van der Waals surface area (Å²) < 4.78 is 0. The van der Waals surface area contributed by atoms with E-state index in [2.05, 4.69) is 67.8 Å². The molecule has 0 heterocycles. The molecule has 0 saturated heterocycles. The second-order valence-electron chi connectivity index (χ2n) is 14.8. The van der Waals surface area contributed by atoms with Crippen LogP contribution < -0.4 is 5.32 Å². The molecule has 0 spiro atoms. The molecule has 0 aliphatic carbocycles. The number of rotatable bonds is 39. The van der Waals surface area contributed by atoms with Crippen LogP contribution in [0.15, 0.2) is 60.8 Å². The van der Waals surface area contributed by atoms with Gasteiger partial charge >= 0.3 is 0 Å². The molecule has 0 aromatic rings. The van der Waals surface area contributed by atoms with Crippen molar-refractivity contribution >= 4 is 5.91 Å². The summed E-state index contributed by atoms with van der Waals surface area (Å²) >= 11 is 0. The van der Waals surface area contributed by atoms with Crippen molar-refractivity contribution in [2.75, 3.05) is 6.61 Å². The summed E-state index contributed by atoms with van der Waals surface area (Å²) in [5.41, 5.74) is 0. The fraction of sp³-hybridized carbons (Fsp3) is 0.766. The van der Waals surface area contributed by atoms with E-state index in [1.54, 1.807) is 6.08 Å². The highest BCUT2D eigenvalue weighted by molar-refractivity contribution is 5.76. The molecule has 4 heteroatoms. The maximum absolute atomic E-state index is 12.4. The zero-order chi connectivity index (χ0) is 37.1. The number of aliphatic hydroxyl groups excluding tert-OH is 2. The first-order valence-corrected chi connectivity index (χ1v) is 22.0. The summed E-state index contributed by atoms with van der Waals surface area (Å²) in [5.74, 6) is -0.0879. The minimum Gasteiger partial charge on any atom is -0.394 e. The number of carbonyl (C=O) groups is 1. The van der Waals surface area contributed by atoms with E-state index in [-0.39, 0.29) is 12.5 Å². The normalized spacial score (nSPS) is 13.6. The van der Waals surface area contributed by atoms with E-state index >= 15 is 0 Å². The Morgan fingerprint density at radius 2 is 0.824 bits per heavy atom. The third kappa shape index (κ3) is 39.1. The van der Waals surface area contributed by atoms with Crippen LogP contribution in [0.3, 0.4) is 0 Å². The van der Waals surface area contributed by atoms with Gasteiger partial charge in [0.15, 0.2) is 0 Å². The van der Waals surface area contributed by atoms with Crippen molar-refractivity contribution in [3.8, 4) is 0 Å². The fourth-order valence-corrected chi connectivity index (χ4v) is 6.32. The topological polar surface area (TPSA) is 69.6 Å². The number of unbranched alkanes of at least 4 members (excludes halogenated alkanes) is 24. The molecule has 0 aromatic carbocycles. The van der Waals surface area contributed by atoms with Crippen LogP contribution in [0, 0.1) is 0 Å². The lowest BCUT2D eigenvalue weighted by Gasteiger charge is -2.19. The first-order valence-electron chi connectivity index (χ1n) is 22.0. The Hall–Kier alpha value is -1.91. The van der Waals surface area contributed by atoms with Gasteiger partial charge in [0.2, 0.25) is 5.91 Å². The van der Waals surface area contributed by atoms with Gasteiger partial charge in [-0.25, -0.2) is 0 Å². The Labute approximate surface area is 317 Å². The number of hydrogen-bond acceptors (Lipinski definition) is 3. The highest BCUT2D eigenvalue weighted by Gasteiger charge is 2.17. The van der Waals surface area contributed by atoms with Gasteiger partial charge in [0.05, 0.1) is 18.8 Å². The van der Waals surface area contributed by atoms with Gasteiger partial charge in [-0.3, -0.25) is 4.79 Å². The van der Waals surface area contributed by atoms with Gasteiger partial charge in [-0.1, -0.05) is 197 Å². The Balaban J connectivity index is 3.66. The van der Waals surface area contributed by atoms with Crippen LogP contribution in [0.25, 0.3) is 0 Å².